The van der Waals surface area contributed by atoms with Crippen LogP contribution in [0.1, 0.15) is 29.3 Å². The van der Waals surface area contributed by atoms with Crippen LogP contribution in [0.2, 0.25) is 0 Å². The van der Waals surface area contributed by atoms with Gasteiger partial charge < -0.3 is 24.8 Å². The van der Waals surface area contributed by atoms with Crippen LogP contribution >= 0.6 is 22.6 Å². The highest BCUT2D eigenvalue weighted by Gasteiger charge is 2.44. The number of rotatable bonds is 3. The van der Waals surface area contributed by atoms with Gasteiger partial charge in [0.15, 0.2) is 0 Å². The van der Waals surface area contributed by atoms with E-state index in [0.29, 0.717) is 6.42 Å². The fourth-order valence-corrected chi connectivity index (χ4v) is 5.31. The van der Waals surface area contributed by atoms with Crippen LogP contribution in [0.4, 0.5) is 0 Å². The van der Waals surface area contributed by atoms with Gasteiger partial charge in [0.05, 0.1) is 11.7 Å². The summed E-state index contributed by atoms with van der Waals surface area (Å²) in [5.41, 5.74) is 4.14. The van der Waals surface area contributed by atoms with Gasteiger partial charge in [-0.2, -0.15) is 0 Å². The lowest BCUT2D eigenvalue weighted by Crippen LogP contribution is -2.35. The number of ether oxygens (including phenoxy) is 1. The lowest BCUT2D eigenvalue weighted by atomic mass is 10.00. The molecule has 8 heteroatoms. The van der Waals surface area contributed by atoms with Crippen LogP contribution < -0.4 is 10.1 Å². The van der Waals surface area contributed by atoms with E-state index in [4.69, 9.17) is 4.74 Å². The summed E-state index contributed by atoms with van der Waals surface area (Å²) in [6, 6.07) is 5.69. The maximum Gasteiger partial charge on any atom is 0.143 e. The second kappa shape index (κ2) is 7.50. The quantitative estimate of drug-likeness (QED) is 0.472. The molecule has 1 aromatic carbocycles. The summed E-state index contributed by atoms with van der Waals surface area (Å²) in [5, 5.41) is 25.9. The molecule has 3 N–H and O–H groups in total. The molecule has 1 aliphatic carbocycles. The van der Waals surface area contributed by atoms with E-state index >= 15 is 0 Å². The van der Waals surface area contributed by atoms with E-state index in [1.807, 2.05) is 29.8 Å². The van der Waals surface area contributed by atoms with Gasteiger partial charge in [0, 0.05) is 33.7 Å². The highest BCUT2D eigenvalue weighted by Crippen LogP contribution is 2.38. The first-order valence-corrected chi connectivity index (χ1v) is 10.9. The number of benzene rings is 1. The number of aryl methyl sites for hydroxylation is 1. The Labute approximate surface area is 182 Å². The minimum Gasteiger partial charge on any atom is -0.487 e. The van der Waals surface area contributed by atoms with Gasteiger partial charge >= 0.3 is 0 Å². The Morgan fingerprint density at radius 2 is 2.03 bits per heavy atom. The maximum absolute atomic E-state index is 10.8. The van der Waals surface area contributed by atoms with Gasteiger partial charge in [-0.25, -0.2) is 9.97 Å². The maximum atomic E-state index is 10.8. The number of aromatic nitrogens is 3. The lowest BCUT2D eigenvalue weighted by molar-refractivity contribution is -0.0166. The number of hydrogen-bond donors (Lipinski definition) is 3. The Kier molecular flexibility index (Phi) is 4.97. The van der Waals surface area contributed by atoms with Crippen LogP contribution in [-0.2, 0) is 13.0 Å². The molecule has 3 aromatic rings. The van der Waals surface area contributed by atoms with E-state index in [0.717, 1.165) is 47.6 Å². The Hall–Kier alpha value is -1.75. The SMILES string of the molecule is Cc1ncnc2c1ccn2C1CC(Oc2ccc(I)c3c2CNCC3)[C@@H](O)[C@H]1O. The molecule has 29 heavy (non-hydrogen) atoms. The number of aliphatic hydroxyl groups is 2. The van der Waals surface area contributed by atoms with Crippen molar-refractivity contribution in [3.05, 3.63) is 51.1 Å². The molecule has 3 heterocycles. The standard InChI is InChI=1S/C21H23IN4O3/c1-11-12-5-7-26(21(12)25-10-24-11)16-8-18(20(28)19(16)27)29-17-3-2-15(22)13-4-6-23-9-14(13)17/h2-3,5,7,10,16,18-20,23,27-28H,4,6,8-9H2,1H3/t16?,18?,19-,20+/m0/s1. The first-order valence-electron chi connectivity index (χ1n) is 9.86. The summed E-state index contributed by atoms with van der Waals surface area (Å²) in [6.07, 6.45) is 2.54. The topological polar surface area (TPSA) is 92.4 Å². The monoisotopic (exact) mass is 506 g/mol. The van der Waals surface area contributed by atoms with Gasteiger partial charge in [0.1, 0.15) is 36.0 Å². The number of aliphatic hydroxyl groups excluding tert-OH is 2. The molecule has 2 unspecified atom stereocenters. The molecule has 0 spiro atoms. The molecule has 0 amide bonds. The molecule has 0 radical (unpaired) electrons. The number of nitrogens with one attached hydrogen (secondary N) is 1. The summed E-state index contributed by atoms with van der Waals surface area (Å²) in [4.78, 5) is 8.62. The molecular formula is C21H23IN4O3. The third kappa shape index (κ3) is 3.22. The van der Waals surface area contributed by atoms with E-state index in [1.165, 1.54) is 15.5 Å². The summed E-state index contributed by atoms with van der Waals surface area (Å²) in [5.74, 6) is 0.792. The van der Waals surface area contributed by atoms with Crippen LogP contribution in [0.5, 0.6) is 5.75 Å². The summed E-state index contributed by atoms with van der Waals surface area (Å²) >= 11 is 2.36. The van der Waals surface area contributed by atoms with Crippen molar-refractivity contribution in [3.63, 3.8) is 0 Å². The average Bonchev–Trinajstić information content (AvgIpc) is 3.28. The van der Waals surface area contributed by atoms with Gasteiger partial charge in [0.2, 0.25) is 0 Å². The van der Waals surface area contributed by atoms with Crippen molar-refractivity contribution in [3.8, 4) is 5.75 Å². The third-order valence-corrected chi connectivity index (χ3v) is 7.14. The average molecular weight is 506 g/mol. The van der Waals surface area contributed by atoms with E-state index < -0.39 is 18.3 Å². The minimum atomic E-state index is -0.966. The van der Waals surface area contributed by atoms with Gasteiger partial charge in [0.25, 0.3) is 0 Å². The van der Waals surface area contributed by atoms with Crippen LogP contribution in [0, 0.1) is 10.5 Å². The molecule has 2 aromatic heterocycles. The zero-order chi connectivity index (χ0) is 20.1. The fraction of sp³-hybridized carbons (Fsp3) is 0.429. The molecule has 0 saturated heterocycles. The van der Waals surface area contributed by atoms with Crippen molar-refractivity contribution in [2.45, 2.75) is 50.7 Å². The van der Waals surface area contributed by atoms with Crippen LogP contribution in [0.3, 0.4) is 0 Å². The van der Waals surface area contributed by atoms with Crippen molar-refractivity contribution in [1.29, 1.82) is 0 Å². The van der Waals surface area contributed by atoms with Crippen LogP contribution in [-0.4, -0.2) is 49.6 Å². The van der Waals surface area contributed by atoms with E-state index in [-0.39, 0.29) is 6.04 Å². The fourth-order valence-electron chi connectivity index (χ4n) is 4.53. The van der Waals surface area contributed by atoms with Crippen LogP contribution in [0.15, 0.2) is 30.7 Å². The van der Waals surface area contributed by atoms with E-state index in [9.17, 15) is 10.2 Å². The molecular weight excluding hydrogens is 483 g/mol. The van der Waals surface area contributed by atoms with Crippen molar-refractivity contribution in [2.75, 3.05) is 6.54 Å². The van der Waals surface area contributed by atoms with Crippen LogP contribution in [0.25, 0.3) is 11.0 Å². The Morgan fingerprint density at radius 3 is 2.90 bits per heavy atom. The predicted molar refractivity (Wildman–Crippen MR) is 117 cm³/mol. The zero-order valence-electron chi connectivity index (χ0n) is 16.0. The van der Waals surface area contributed by atoms with Crippen molar-refractivity contribution in [1.82, 2.24) is 19.9 Å². The first-order chi connectivity index (χ1) is 14.0. The number of fused-ring (bicyclic) bond motifs is 2. The molecule has 0 bridgehead atoms. The number of nitrogens with zero attached hydrogens (tertiary/aromatic N) is 3. The minimum absolute atomic E-state index is 0.306. The molecule has 1 aliphatic heterocycles. The Balaban J connectivity index is 1.44. The van der Waals surface area contributed by atoms with Gasteiger partial charge in [-0.05, 0) is 66.2 Å². The Morgan fingerprint density at radius 1 is 1.17 bits per heavy atom. The smallest absolute Gasteiger partial charge is 0.143 e. The van der Waals surface area contributed by atoms with Crippen molar-refractivity contribution in [2.24, 2.45) is 0 Å². The van der Waals surface area contributed by atoms with Gasteiger partial charge in [-0.15, -0.1) is 0 Å². The zero-order valence-corrected chi connectivity index (χ0v) is 18.2. The molecule has 4 atom stereocenters. The normalized spacial score (nSPS) is 26.6. The molecule has 1 saturated carbocycles. The summed E-state index contributed by atoms with van der Waals surface area (Å²) in [6.45, 7) is 3.66. The number of hydrogen-bond acceptors (Lipinski definition) is 6. The Bertz CT molecular complexity index is 1070. The first kappa shape index (κ1) is 19.2. The van der Waals surface area contributed by atoms with Crippen molar-refractivity contribution >= 4 is 33.6 Å². The molecule has 7 nitrogen and oxygen atoms in total. The lowest BCUT2D eigenvalue weighted by Gasteiger charge is -2.25. The molecule has 152 valence electrons. The molecule has 5 rings (SSSR count). The van der Waals surface area contributed by atoms with Crippen molar-refractivity contribution < 1.29 is 14.9 Å². The van der Waals surface area contributed by atoms with E-state index in [2.05, 4.69) is 43.9 Å². The summed E-state index contributed by atoms with van der Waals surface area (Å²) < 4.78 is 9.45. The van der Waals surface area contributed by atoms with Gasteiger partial charge in [-0.1, -0.05) is 0 Å². The predicted octanol–water partition coefficient (Wildman–Crippen LogP) is 2.10. The third-order valence-electron chi connectivity index (χ3n) is 6.13. The van der Waals surface area contributed by atoms with E-state index in [1.54, 1.807) is 0 Å². The number of halogens is 1. The second-order valence-electron chi connectivity index (χ2n) is 7.79. The highest BCUT2D eigenvalue weighted by molar-refractivity contribution is 14.1. The molecule has 1 fully saturated rings. The highest BCUT2D eigenvalue weighted by atomic mass is 127. The summed E-state index contributed by atoms with van der Waals surface area (Å²) in [7, 11) is 0. The van der Waals surface area contributed by atoms with Gasteiger partial charge in [-0.3, -0.25) is 0 Å². The molecule has 2 aliphatic rings. The second-order valence-corrected chi connectivity index (χ2v) is 8.95. The largest absolute Gasteiger partial charge is 0.487 e.